The number of Topliss-reactive ketones (excluding diaryl/α,β-unsaturated/α-hetero) is 1. The van der Waals surface area contributed by atoms with Crippen LogP contribution in [0.25, 0.3) is 0 Å². The summed E-state index contributed by atoms with van der Waals surface area (Å²) in [6.07, 6.45) is 0.682. The number of ether oxygens (including phenoxy) is 3. The molecule has 196 valence electrons. The van der Waals surface area contributed by atoms with Gasteiger partial charge in [-0.2, -0.15) is 0 Å². The van der Waals surface area contributed by atoms with E-state index in [-0.39, 0.29) is 5.57 Å². The van der Waals surface area contributed by atoms with Gasteiger partial charge in [-0.15, -0.1) is 11.3 Å². The van der Waals surface area contributed by atoms with Gasteiger partial charge >= 0.3 is 0 Å². The van der Waals surface area contributed by atoms with E-state index in [1.54, 1.807) is 24.0 Å². The zero-order valence-electron chi connectivity index (χ0n) is 22.0. The van der Waals surface area contributed by atoms with Gasteiger partial charge in [0.25, 0.3) is 5.91 Å². The quantitative estimate of drug-likeness (QED) is 0.420. The summed E-state index contributed by atoms with van der Waals surface area (Å²) in [7, 11) is 4.52. The van der Waals surface area contributed by atoms with E-state index < -0.39 is 23.5 Å². The first-order valence-corrected chi connectivity index (χ1v) is 12.8. The van der Waals surface area contributed by atoms with E-state index in [4.69, 9.17) is 14.2 Å². The third-order valence-corrected chi connectivity index (χ3v) is 7.50. The Morgan fingerprint density at radius 2 is 1.72 bits per heavy atom. The molecule has 1 aromatic carbocycles. The molecule has 3 rings (SSSR count). The molecule has 10 heteroatoms. The molecule has 0 saturated heterocycles. The molecule has 1 aliphatic rings. The Morgan fingerprint density at radius 1 is 1.11 bits per heavy atom. The van der Waals surface area contributed by atoms with E-state index in [9.17, 15) is 14.7 Å². The number of carbonyl (C=O) groups excluding carboxylic acids is 2. The number of ketones is 1. The zero-order valence-corrected chi connectivity index (χ0v) is 22.8. The van der Waals surface area contributed by atoms with E-state index in [2.05, 4.69) is 23.7 Å². The number of nitrogens with zero attached hydrogens (tertiary/aromatic N) is 3. The zero-order chi connectivity index (χ0) is 26.6. The van der Waals surface area contributed by atoms with Crippen LogP contribution >= 0.6 is 11.3 Å². The fraction of sp³-hybridized carbons (Fsp3) is 0.500. The van der Waals surface area contributed by atoms with E-state index in [1.807, 2.05) is 6.92 Å². The number of methoxy groups -OCH3 is 3. The van der Waals surface area contributed by atoms with Gasteiger partial charge in [-0.1, -0.05) is 13.8 Å². The predicted molar refractivity (Wildman–Crippen MR) is 139 cm³/mol. The number of hydrogen-bond donors (Lipinski definition) is 1. The summed E-state index contributed by atoms with van der Waals surface area (Å²) in [6, 6.07) is 2.61. The molecule has 0 aliphatic carbocycles. The summed E-state index contributed by atoms with van der Waals surface area (Å²) in [4.78, 5) is 35.7. The Bertz CT molecular complexity index is 1130. The molecular weight excluding hydrogens is 482 g/mol. The van der Waals surface area contributed by atoms with Gasteiger partial charge in [0.05, 0.1) is 48.5 Å². The first kappa shape index (κ1) is 27.5. The second kappa shape index (κ2) is 11.7. The molecule has 1 aliphatic heterocycles. The molecule has 9 nitrogen and oxygen atoms in total. The van der Waals surface area contributed by atoms with Gasteiger partial charge in [-0.05, 0) is 57.6 Å². The van der Waals surface area contributed by atoms with Crippen LogP contribution in [0.2, 0.25) is 0 Å². The maximum Gasteiger partial charge on any atom is 0.290 e. The summed E-state index contributed by atoms with van der Waals surface area (Å²) >= 11 is 1.25. The fourth-order valence-corrected chi connectivity index (χ4v) is 5.46. The van der Waals surface area contributed by atoms with Crippen molar-refractivity contribution in [1.29, 1.82) is 0 Å². The van der Waals surface area contributed by atoms with Crippen LogP contribution in [0.4, 0.5) is 0 Å². The number of amides is 1. The van der Waals surface area contributed by atoms with Gasteiger partial charge < -0.3 is 29.1 Å². The molecule has 0 saturated carbocycles. The number of aliphatic hydroxyl groups excluding tert-OH is 1. The van der Waals surface area contributed by atoms with Crippen LogP contribution < -0.4 is 14.2 Å². The average molecular weight is 518 g/mol. The van der Waals surface area contributed by atoms with Crippen molar-refractivity contribution >= 4 is 23.0 Å². The Kier molecular flexibility index (Phi) is 8.97. The Morgan fingerprint density at radius 3 is 2.19 bits per heavy atom. The maximum absolute atomic E-state index is 13.8. The predicted octanol–water partition coefficient (Wildman–Crippen LogP) is 4.10. The van der Waals surface area contributed by atoms with Crippen LogP contribution in [0.15, 0.2) is 23.5 Å². The van der Waals surface area contributed by atoms with Gasteiger partial charge in [-0.3, -0.25) is 9.59 Å². The van der Waals surface area contributed by atoms with Crippen LogP contribution in [0.3, 0.4) is 0 Å². The van der Waals surface area contributed by atoms with Gasteiger partial charge in [0, 0.05) is 6.54 Å². The lowest BCUT2D eigenvalue weighted by atomic mass is 9.94. The highest BCUT2D eigenvalue weighted by molar-refractivity contribution is 7.14. The van der Waals surface area contributed by atoms with Crippen LogP contribution in [-0.4, -0.2) is 79.1 Å². The van der Waals surface area contributed by atoms with Crippen LogP contribution in [-0.2, 0) is 4.79 Å². The van der Waals surface area contributed by atoms with Crippen molar-refractivity contribution in [3.05, 3.63) is 44.6 Å². The van der Waals surface area contributed by atoms with E-state index >= 15 is 0 Å². The minimum atomic E-state index is -0.822. The van der Waals surface area contributed by atoms with Crippen LogP contribution in [0.5, 0.6) is 17.2 Å². The van der Waals surface area contributed by atoms with Crippen LogP contribution in [0, 0.1) is 13.8 Å². The third kappa shape index (κ3) is 5.19. The number of hydrogen-bond acceptors (Lipinski definition) is 9. The molecule has 36 heavy (non-hydrogen) atoms. The molecule has 0 unspecified atom stereocenters. The normalized spacial score (nSPS) is 15.7. The Balaban J connectivity index is 2.12. The van der Waals surface area contributed by atoms with Crippen molar-refractivity contribution in [2.24, 2.45) is 0 Å². The molecule has 1 aromatic heterocycles. The minimum Gasteiger partial charge on any atom is -0.503 e. The van der Waals surface area contributed by atoms with Crippen molar-refractivity contribution in [3.63, 3.8) is 0 Å². The molecule has 0 fully saturated rings. The van der Waals surface area contributed by atoms with Crippen LogP contribution in [0.1, 0.15) is 52.2 Å². The molecule has 1 atom stereocenters. The number of aliphatic hydroxyl groups is 1. The Hall–Kier alpha value is -3.11. The summed E-state index contributed by atoms with van der Waals surface area (Å²) in [5.74, 6) is -0.330. The summed E-state index contributed by atoms with van der Waals surface area (Å²) in [5, 5.41) is 11.7. The highest BCUT2D eigenvalue weighted by atomic mass is 32.1. The van der Waals surface area contributed by atoms with Gasteiger partial charge in [0.2, 0.25) is 11.5 Å². The first-order chi connectivity index (χ1) is 17.2. The highest BCUT2D eigenvalue weighted by Gasteiger charge is 2.45. The first-order valence-electron chi connectivity index (χ1n) is 12.0. The number of aryl methyl sites for hydroxylation is 2. The SMILES string of the molecule is CCN(CC)CCCN1C(=O)C(O)=C(C(=O)c2sc(C)nc2C)[C@H]1c1cc(OC)c(OC)c(OC)c1. The van der Waals surface area contributed by atoms with Crippen molar-refractivity contribution in [3.8, 4) is 17.2 Å². The maximum atomic E-state index is 13.8. The third-order valence-electron chi connectivity index (χ3n) is 6.43. The van der Waals surface area contributed by atoms with Gasteiger partial charge in [0.1, 0.15) is 0 Å². The Labute approximate surface area is 216 Å². The van der Waals surface area contributed by atoms with E-state index in [1.165, 1.54) is 32.7 Å². The van der Waals surface area contributed by atoms with E-state index in [0.717, 1.165) is 24.6 Å². The standard InChI is InChI=1S/C26H35N3O6S/c1-8-28(9-2)11-10-12-29-21(17-13-18(33-5)24(35-7)19(14-17)34-6)20(23(31)26(29)32)22(30)25-15(3)27-16(4)36-25/h13-14,21,31H,8-12H2,1-7H3/t21-/m1/s1. The van der Waals surface area contributed by atoms with E-state index in [0.29, 0.717) is 46.3 Å². The molecule has 0 bridgehead atoms. The van der Waals surface area contributed by atoms with Crippen molar-refractivity contribution in [2.75, 3.05) is 47.5 Å². The summed E-state index contributed by atoms with van der Waals surface area (Å²) < 4.78 is 16.5. The van der Waals surface area contributed by atoms with Crippen molar-refractivity contribution in [2.45, 2.75) is 40.2 Å². The number of aromatic nitrogens is 1. The molecule has 0 radical (unpaired) electrons. The molecule has 0 spiro atoms. The highest BCUT2D eigenvalue weighted by Crippen LogP contribution is 2.46. The fourth-order valence-electron chi connectivity index (χ4n) is 4.59. The minimum absolute atomic E-state index is 0.0314. The number of carbonyl (C=O) groups is 2. The van der Waals surface area contributed by atoms with Crippen molar-refractivity contribution < 1.29 is 28.9 Å². The number of benzene rings is 1. The topological polar surface area (TPSA) is 101 Å². The molecule has 1 N–H and O–H groups in total. The lowest BCUT2D eigenvalue weighted by Crippen LogP contribution is -2.34. The summed E-state index contributed by atoms with van der Waals surface area (Å²) in [6.45, 7) is 10.7. The second-order valence-electron chi connectivity index (χ2n) is 8.48. The molecule has 1 amide bonds. The monoisotopic (exact) mass is 517 g/mol. The van der Waals surface area contributed by atoms with Crippen molar-refractivity contribution in [1.82, 2.24) is 14.8 Å². The van der Waals surface area contributed by atoms with Gasteiger partial charge in [0.15, 0.2) is 17.3 Å². The molecule has 2 aromatic rings. The largest absolute Gasteiger partial charge is 0.503 e. The lowest BCUT2D eigenvalue weighted by Gasteiger charge is -2.29. The smallest absolute Gasteiger partial charge is 0.290 e. The molecular formula is C26H35N3O6S. The molecule has 2 heterocycles. The summed E-state index contributed by atoms with van der Waals surface area (Å²) in [5.41, 5.74) is 1.18. The lowest BCUT2D eigenvalue weighted by molar-refractivity contribution is -0.129. The van der Waals surface area contributed by atoms with Gasteiger partial charge in [-0.25, -0.2) is 4.98 Å². The second-order valence-corrected chi connectivity index (χ2v) is 9.68. The average Bonchev–Trinajstić information content (AvgIpc) is 3.35. The number of rotatable bonds is 12. The number of thiazole rings is 1.